The lowest BCUT2D eigenvalue weighted by atomic mass is 9.79. The molecule has 1 fully saturated rings. The number of aromatic carboxylic acids is 1. The van der Waals surface area contributed by atoms with Gasteiger partial charge in [0.15, 0.2) is 0 Å². The highest BCUT2D eigenvalue weighted by atomic mass is 16.4. The summed E-state index contributed by atoms with van der Waals surface area (Å²) in [5.74, 6) is -0.100. The molecule has 3 aromatic heterocycles. The molecule has 158 valence electrons. The van der Waals surface area contributed by atoms with Gasteiger partial charge in [0.05, 0.1) is 18.0 Å². The van der Waals surface area contributed by atoms with E-state index in [0.29, 0.717) is 29.4 Å². The number of hydrogen-bond donors (Lipinski definition) is 2. The van der Waals surface area contributed by atoms with E-state index in [1.165, 1.54) is 22.6 Å². The fraction of sp³-hybridized carbons (Fsp3) is 0.318. The molecule has 0 saturated heterocycles. The van der Waals surface area contributed by atoms with Crippen molar-refractivity contribution in [2.45, 2.75) is 38.1 Å². The minimum Gasteiger partial charge on any atom is -0.492 e. The third-order valence-electron chi connectivity index (χ3n) is 6.04. The molecular formula is C22H22N6O3. The van der Waals surface area contributed by atoms with Crippen molar-refractivity contribution in [1.82, 2.24) is 29.5 Å². The number of carboxylic acids is 1. The normalized spacial score (nSPS) is 19.0. The average Bonchev–Trinajstić information content (AvgIpc) is 3.43. The van der Waals surface area contributed by atoms with Crippen molar-refractivity contribution in [2.24, 2.45) is 5.92 Å². The summed E-state index contributed by atoms with van der Waals surface area (Å²) in [5, 5.41) is 28.0. The summed E-state index contributed by atoms with van der Waals surface area (Å²) in [5.41, 5.74) is 2.41. The van der Waals surface area contributed by atoms with Crippen LogP contribution in [0.1, 0.15) is 47.5 Å². The van der Waals surface area contributed by atoms with Crippen molar-refractivity contribution in [3.8, 4) is 11.8 Å². The Hall–Kier alpha value is -3.75. The fourth-order valence-electron chi connectivity index (χ4n) is 4.40. The van der Waals surface area contributed by atoms with Gasteiger partial charge in [-0.15, -0.1) is 0 Å². The van der Waals surface area contributed by atoms with Crippen LogP contribution in [-0.2, 0) is 6.54 Å². The minimum atomic E-state index is -1.09. The number of benzene rings is 1. The number of aromatic hydroxyl groups is 1. The molecule has 2 N–H and O–H groups in total. The number of carboxylic acid groups (broad SMARTS) is 1. The molecule has 0 amide bonds. The summed E-state index contributed by atoms with van der Waals surface area (Å²) in [7, 11) is 0. The summed E-state index contributed by atoms with van der Waals surface area (Å²) < 4.78 is 3.00. The highest BCUT2D eigenvalue weighted by Crippen LogP contribution is 2.36. The van der Waals surface area contributed by atoms with Crippen LogP contribution in [0.15, 0.2) is 48.9 Å². The molecule has 1 aliphatic rings. The second kappa shape index (κ2) is 7.82. The van der Waals surface area contributed by atoms with Crippen molar-refractivity contribution in [2.75, 3.05) is 0 Å². The highest BCUT2D eigenvalue weighted by molar-refractivity contribution is 5.87. The molecule has 0 bridgehead atoms. The predicted molar refractivity (Wildman–Crippen MR) is 112 cm³/mol. The Morgan fingerprint density at radius 3 is 2.52 bits per heavy atom. The van der Waals surface area contributed by atoms with Gasteiger partial charge in [0.25, 0.3) is 5.95 Å². The first kappa shape index (κ1) is 19.2. The van der Waals surface area contributed by atoms with Gasteiger partial charge in [-0.1, -0.05) is 30.3 Å². The summed E-state index contributed by atoms with van der Waals surface area (Å²) in [6, 6.07) is 10.7. The van der Waals surface area contributed by atoms with E-state index in [1.807, 2.05) is 0 Å². The molecule has 9 heteroatoms. The smallest absolute Gasteiger partial charge is 0.338 e. The van der Waals surface area contributed by atoms with E-state index in [4.69, 9.17) is 5.11 Å². The number of fused-ring (bicyclic) bond motifs is 1. The predicted octanol–water partition coefficient (Wildman–Crippen LogP) is 3.39. The molecule has 1 aromatic carbocycles. The molecule has 0 radical (unpaired) electrons. The Morgan fingerprint density at radius 2 is 1.81 bits per heavy atom. The van der Waals surface area contributed by atoms with Gasteiger partial charge in [0, 0.05) is 12.7 Å². The second-order valence-corrected chi connectivity index (χ2v) is 8.01. The number of rotatable bonds is 5. The molecule has 31 heavy (non-hydrogen) atoms. The SMILES string of the molecule is O=C(O)c1cnn(-c2nc(O)c3c(cnn3C[C@H]3CC[C@H](c4ccccc4)CC3)n2)c1. The van der Waals surface area contributed by atoms with Gasteiger partial charge in [-0.3, -0.25) is 4.68 Å². The molecule has 4 aromatic rings. The van der Waals surface area contributed by atoms with Crippen molar-refractivity contribution in [3.05, 3.63) is 60.0 Å². The van der Waals surface area contributed by atoms with Crippen LogP contribution in [0, 0.1) is 5.92 Å². The Kier molecular flexibility index (Phi) is 4.85. The first-order valence-electron chi connectivity index (χ1n) is 10.3. The average molecular weight is 418 g/mol. The first-order chi connectivity index (χ1) is 15.1. The third-order valence-corrected chi connectivity index (χ3v) is 6.04. The van der Waals surface area contributed by atoms with Crippen molar-refractivity contribution in [1.29, 1.82) is 0 Å². The number of aromatic nitrogens is 6. The van der Waals surface area contributed by atoms with Crippen LogP contribution in [0.4, 0.5) is 0 Å². The molecule has 9 nitrogen and oxygen atoms in total. The van der Waals surface area contributed by atoms with E-state index >= 15 is 0 Å². The third kappa shape index (κ3) is 3.74. The van der Waals surface area contributed by atoms with Crippen molar-refractivity contribution in [3.63, 3.8) is 0 Å². The Bertz CT molecular complexity index is 1220. The number of hydrogen-bond acceptors (Lipinski definition) is 6. The molecule has 0 aliphatic heterocycles. The summed E-state index contributed by atoms with van der Waals surface area (Å²) in [6.07, 6.45) is 8.60. The molecule has 0 spiro atoms. The van der Waals surface area contributed by atoms with Crippen LogP contribution >= 0.6 is 0 Å². The van der Waals surface area contributed by atoms with Gasteiger partial charge in [0.1, 0.15) is 11.0 Å². The van der Waals surface area contributed by atoms with Gasteiger partial charge in [-0.05, 0) is 43.1 Å². The number of nitrogens with zero attached hydrogens (tertiary/aromatic N) is 6. The van der Waals surface area contributed by atoms with E-state index in [2.05, 4.69) is 50.5 Å². The molecule has 5 rings (SSSR count). The van der Waals surface area contributed by atoms with Crippen LogP contribution in [0.2, 0.25) is 0 Å². The second-order valence-electron chi connectivity index (χ2n) is 8.01. The van der Waals surface area contributed by atoms with Crippen LogP contribution in [-0.4, -0.2) is 45.7 Å². The zero-order valence-electron chi connectivity index (χ0n) is 16.8. The lowest BCUT2D eigenvalue weighted by Crippen LogP contribution is -2.19. The quantitative estimate of drug-likeness (QED) is 0.510. The molecule has 1 saturated carbocycles. The fourth-order valence-corrected chi connectivity index (χ4v) is 4.40. The Balaban J connectivity index is 1.33. The van der Waals surface area contributed by atoms with E-state index in [1.54, 1.807) is 10.9 Å². The number of carbonyl (C=O) groups is 1. The van der Waals surface area contributed by atoms with Crippen LogP contribution in [0.25, 0.3) is 17.0 Å². The van der Waals surface area contributed by atoms with Crippen LogP contribution < -0.4 is 0 Å². The maximum atomic E-state index is 11.1. The van der Waals surface area contributed by atoms with E-state index in [9.17, 15) is 9.90 Å². The zero-order valence-corrected chi connectivity index (χ0v) is 16.8. The van der Waals surface area contributed by atoms with Crippen molar-refractivity contribution < 1.29 is 15.0 Å². The topological polar surface area (TPSA) is 119 Å². The van der Waals surface area contributed by atoms with Crippen molar-refractivity contribution >= 4 is 17.0 Å². The highest BCUT2D eigenvalue weighted by Gasteiger charge is 2.24. The summed E-state index contributed by atoms with van der Waals surface area (Å²) in [4.78, 5) is 19.6. The zero-order chi connectivity index (χ0) is 21.4. The standard InChI is InChI=1S/C22H22N6O3/c29-20-19-18(25-22(26-20)28-13-17(10-23-28)21(30)31)11-24-27(19)12-14-6-8-16(9-7-14)15-4-2-1-3-5-15/h1-5,10-11,13-14,16H,6-9,12H2,(H,30,31)(H,25,26,29)/t14-,16-. The maximum absolute atomic E-state index is 11.1. The Morgan fingerprint density at radius 1 is 1.03 bits per heavy atom. The molecule has 1 aliphatic carbocycles. The van der Waals surface area contributed by atoms with Crippen LogP contribution in [0.5, 0.6) is 5.88 Å². The van der Waals surface area contributed by atoms with Gasteiger partial charge >= 0.3 is 5.97 Å². The van der Waals surface area contributed by atoms with Gasteiger partial charge in [-0.25, -0.2) is 14.5 Å². The lowest BCUT2D eigenvalue weighted by molar-refractivity contribution is 0.0697. The Labute approximate surface area is 178 Å². The molecule has 0 unspecified atom stereocenters. The lowest BCUT2D eigenvalue weighted by Gasteiger charge is -2.28. The monoisotopic (exact) mass is 418 g/mol. The van der Waals surface area contributed by atoms with E-state index in [0.717, 1.165) is 25.7 Å². The maximum Gasteiger partial charge on any atom is 0.338 e. The van der Waals surface area contributed by atoms with Gasteiger partial charge in [0.2, 0.25) is 5.88 Å². The van der Waals surface area contributed by atoms with Gasteiger partial charge < -0.3 is 10.2 Å². The molecule has 0 atom stereocenters. The van der Waals surface area contributed by atoms with Gasteiger partial charge in [-0.2, -0.15) is 15.2 Å². The first-order valence-corrected chi connectivity index (χ1v) is 10.3. The largest absolute Gasteiger partial charge is 0.492 e. The molecular weight excluding hydrogens is 396 g/mol. The van der Waals surface area contributed by atoms with E-state index in [-0.39, 0.29) is 17.4 Å². The molecule has 3 heterocycles. The summed E-state index contributed by atoms with van der Waals surface area (Å²) >= 11 is 0. The summed E-state index contributed by atoms with van der Waals surface area (Å²) in [6.45, 7) is 0.701. The van der Waals surface area contributed by atoms with E-state index < -0.39 is 5.97 Å². The van der Waals surface area contributed by atoms with Crippen LogP contribution in [0.3, 0.4) is 0 Å². The minimum absolute atomic E-state index is 0.0185.